The number of pyridine rings is 1. The molecule has 0 unspecified atom stereocenters. The number of anilines is 1. The van der Waals surface area contributed by atoms with Gasteiger partial charge in [-0.15, -0.1) is 0 Å². The molecule has 3 nitrogen and oxygen atoms in total. The predicted molar refractivity (Wildman–Crippen MR) is 49.1 cm³/mol. The third-order valence-corrected chi connectivity index (χ3v) is 2.10. The van der Waals surface area contributed by atoms with Crippen LogP contribution in [0.25, 0.3) is 0 Å². The van der Waals surface area contributed by atoms with Gasteiger partial charge in [-0.25, -0.2) is 8.78 Å². The summed E-state index contributed by atoms with van der Waals surface area (Å²) in [6.45, 7) is 0. The lowest BCUT2D eigenvalue weighted by Crippen LogP contribution is -2.14. The number of hydrogen-bond donors (Lipinski definition) is 2. The highest BCUT2D eigenvalue weighted by molar-refractivity contribution is 9.08. The Labute approximate surface area is 81.1 Å². The minimum absolute atomic E-state index is 0.0178. The lowest BCUT2D eigenvalue weighted by Gasteiger charge is -2.06. The van der Waals surface area contributed by atoms with Gasteiger partial charge in [0.15, 0.2) is 5.43 Å². The number of aromatic nitrogens is 1. The van der Waals surface area contributed by atoms with Gasteiger partial charge in [0.05, 0.1) is 5.69 Å². The van der Waals surface area contributed by atoms with E-state index in [2.05, 4.69) is 20.9 Å². The molecule has 0 aliphatic carbocycles. The van der Waals surface area contributed by atoms with E-state index in [1.54, 1.807) is 0 Å². The summed E-state index contributed by atoms with van der Waals surface area (Å²) in [5.74, 6) is -0.0509. The highest BCUT2D eigenvalue weighted by Gasteiger charge is 2.15. The Hall–Kier alpha value is -0.910. The van der Waals surface area contributed by atoms with E-state index in [-0.39, 0.29) is 16.7 Å². The first-order valence-corrected chi connectivity index (χ1v) is 4.54. The summed E-state index contributed by atoms with van der Waals surface area (Å²) in [6, 6.07) is 1.09. The summed E-state index contributed by atoms with van der Waals surface area (Å²) >= 11 is 2.96. The van der Waals surface area contributed by atoms with Crippen LogP contribution < -0.4 is 11.2 Å². The summed E-state index contributed by atoms with van der Waals surface area (Å²) in [6.07, 6.45) is -2.72. The Bertz CT molecular complexity index is 364. The third-order valence-electron chi connectivity index (χ3n) is 1.54. The Balaban J connectivity index is 3.38. The smallest absolute Gasteiger partial charge is 0.278 e. The number of aromatic amines is 1. The molecule has 1 rings (SSSR count). The van der Waals surface area contributed by atoms with Crippen LogP contribution in [0.4, 0.5) is 14.6 Å². The van der Waals surface area contributed by atoms with Crippen molar-refractivity contribution in [1.82, 2.24) is 4.98 Å². The molecule has 0 amide bonds. The number of alkyl halides is 3. The zero-order chi connectivity index (χ0) is 10.0. The van der Waals surface area contributed by atoms with E-state index in [1.807, 2.05) is 0 Å². The molecule has 0 spiro atoms. The van der Waals surface area contributed by atoms with Gasteiger partial charge in [-0.3, -0.25) is 4.79 Å². The molecule has 72 valence electrons. The average Bonchev–Trinajstić information content (AvgIpc) is 2.02. The van der Waals surface area contributed by atoms with Crippen molar-refractivity contribution in [2.75, 3.05) is 5.73 Å². The SMILES string of the molecule is Nc1cc(=O)c(CBr)c(C(F)F)[nH]1. The first-order chi connectivity index (χ1) is 6.06. The van der Waals surface area contributed by atoms with Gasteiger partial charge in [0.2, 0.25) is 0 Å². The highest BCUT2D eigenvalue weighted by atomic mass is 79.9. The van der Waals surface area contributed by atoms with Crippen LogP contribution in [0.2, 0.25) is 0 Å². The predicted octanol–water partition coefficient (Wildman–Crippen LogP) is 1.79. The highest BCUT2D eigenvalue weighted by Crippen LogP contribution is 2.20. The number of rotatable bonds is 2. The van der Waals surface area contributed by atoms with E-state index in [0.29, 0.717) is 0 Å². The minimum atomic E-state index is -2.72. The lowest BCUT2D eigenvalue weighted by atomic mass is 10.2. The summed E-state index contributed by atoms with van der Waals surface area (Å²) in [7, 11) is 0. The number of halogens is 3. The monoisotopic (exact) mass is 252 g/mol. The summed E-state index contributed by atoms with van der Waals surface area (Å²) in [4.78, 5) is 13.4. The normalized spacial score (nSPS) is 10.8. The Morgan fingerprint density at radius 2 is 2.23 bits per heavy atom. The Morgan fingerprint density at radius 3 is 2.69 bits per heavy atom. The van der Waals surface area contributed by atoms with E-state index in [1.165, 1.54) is 0 Å². The van der Waals surface area contributed by atoms with Crippen LogP contribution in [0.1, 0.15) is 17.7 Å². The van der Waals surface area contributed by atoms with Crippen LogP contribution in [0.5, 0.6) is 0 Å². The first-order valence-electron chi connectivity index (χ1n) is 3.42. The van der Waals surface area contributed by atoms with E-state index < -0.39 is 17.5 Å². The second kappa shape index (κ2) is 3.87. The van der Waals surface area contributed by atoms with Crippen LogP contribution in [-0.4, -0.2) is 4.98 Å². The van der Waals surface area contributed by atoms with Crippen LogP contribution in [-0.2, 0) is 5.33 Å². The van der Waals surface area contributed by atoms with Crippen LogP contribution >= 0.6 is 15.9 Å². The van der Waals surface area contributed by atoms with Crippen LogP contribution in [0.3, 0.4) is 0 Å². The average molecular weight is 253 g/mol. The van der Waals surface area contributed by atoms with Crippen molar-refractivity contribution in [2.45, 2.75) is 11.8 Å². The van der Waals surface area contributed by atoms with Crippen molar-refractivity contribution in [3.8, 4) is 0 Å². The van der Waals surface area contributed by atoms with Gasteiger partial charge in [-0.05, 0) is 0 Å². The fourth-order valence-electron chi connectivity index (χ4n) is 0.952. The maximum Gasteiger partial charge on any atom is 0.278 e. The maximum atomic E-state index is 12.3. The van der Waals surface area contributed by atoms with Crippen molar-refractivity contribution in [3.05, 3.63) is 27.5 Å². The molecule has 0 bridgehead atoms. The standard InChI is InChI=1S/C7H7BrF2N2O/c8-2-3-4(13)1-5(11)12-6(3)7(9)10/h1,7H,2H2,(H3,11,12,13). The number of nitrogens with two attached hydrogens (primary N) is 1. The molecule has 1 heterocycles. The van der Waals surface area contributed by atoms with Gasteiger partial charge < -0.3 is 10.7 Å². The molecule has 1 aromatic rings. The molecule has 0 saturated carbocycles. The molecule has 0 aliphatic rings. The van der Waals surface area contributed by atoms with Gasteiger partial charge in [0.1, 0.15) is 5.82 Å². The molecule has 6 heteroatoms. The van der Waals surface area contributed by atoms with Crippen molar-refractivity contribution in [1.29, 1.82) is 0 Å². The fourth-order valence-corrected chi connectivity index (χ4v) is 1.53. The van der Waals surface area contributed by atoms with Crippen LogP contribution in [0, 0.1) is 0 Å². The number of H-pyrrole nitrogens is 1. The molecular formula is C7H7BrF2N2O. The molecule has 0 fully saturated rings. The molecule has 0 atom stereocenters. The van der Waals surface area contributed by atoms with Crippen molar-refractivity contribution in [3.63, 3.8) is 0 Å². The zero-order valence-corrected chi connectivity index (χ0v) is 8.07. The van der Waals surface area contributed by atoms with Crippen molar-refractivity contribution >= 4 is 21.7 Å². The van der Waals surface area contributed by atoms with Gasteiger partial charge in [-0.2, -0.15) is 0 Å². The number of nitrogens with one attached hydrogen (secondary N) is 1. The van der Waals surface area contributed by atoms with E-state index in [4.69, 9.17) is 5.73 Å². The number of nitrogen functional groups attached to an aromatic ring is 1. The van der Waals surface area contributed by atoms with Gasteiger partial charge >= 0.3 is 0 Å². The van der Waals surface area contributed by atoms with E-state index in [0.717, 1.165) is 6.07 Å². The Morgan fingerprint density at radius 1 is 1.62 bits per heavy atom. The fraction of sp³-hybridized carbons (Fsp3) is 0.286. The van der Waals surface area contributed by atoms with Gasteiger partial charge in [0.25, 0.3) is 6.43 Å². The van der Waals surface area contributed by atoms with Gasteiger partial charge in [0, 0.05) is 17.0 Å². The van der Waals surface area contributed by atoms with Crippen molar-refractivity contribution < 1.29 is 8.78 Å². The second-order valence-corrected chi connectivity index (χ2v) is 2.98. The summed E-state index contributed by atoms with van der Waals surface area (Å²) < 4.78 is 24.7. The summed E-state index contributed by atoms with van der Waals surface area (Å²) in [5.41, 5.74) is 4.34. The molecule has 3 N–H and O–H groups in total. The first kappa shape index (κ1) is 10.2. The molecule has 0 aromatic carbocycles. The molecule has 0 radical (unpaired) electrons. The summed E-state index contributed by atoms with van der Waals surface area (Å²) in [5, 5.41) is 0.0856. The quantitative estimate of drug-likeness (QED) is 0.789. The Kier molecular flexibility index (Phi) is 3.02. The largest absolute Gasteiger partial charge is 0.385 e. The van der Waals surface area contributed by atoms with E-state index in [9.17, 15) is 13.6 Å². The molecular weight excluding hydrogens is 246 g/mol. The lowest BCUT2D eigenvalue weighted by molar-refractivity contribution is 0.145. The molecule has 0 saturated heterocycles. The van der Waals surface area contributed by atoms with Crippen LogP contribution in [0.15, 0.2) is 10.9 Å². The minimum Gasteiger partial charge on any atom is -0.385 e. The molecule has 13 heavy (non-hydrogen) atoms. The maximum absolute atomic E-state index is 12.3. The van der Waals surface area contributed by atoms with Gasteiger partial charge in [-0.1, -0.05) is 15.9 Å². The molecule has 1 aromatic heterocycles. The zero-order valence-electron chi connectivity index (χ0n) is 6.48. The van der Waals surface area contributed by atoms with E-state index >= 15 is 0 Å². The van der Waals surface area contributed by atoms with Crippen molar-refractivity contribution in [2.24, 2.45) is 0 Å². The number of hydrogen-bond acceptors (Lipinski definition) is 2. The second-order valence-electron chi connectivity index (χ2n) is 2.42. The topological polar surface area (TPSA) is 58.9 Å². The molecule has 0 aliphatic heterocycles. The third kappa shape index (κ3) is 2.06.